The van der Waals surface area contributed by atoms with Gasteiger partial charge in [-0.3, -0.25) is 4.79 Å². The Morgan fingerprint density at radius 2 is 0.565 bits per heavy atom. The lowest BCUT2D eigenvalue weighted by molar-refractivity contribution is -0.123. The van der Waals surface area contributed by atoms with Gasteiger partial charge in [0.25, 0.3) is 0 Å². The van der Waals surface area contributed by atoms with Gasteiger partial charge in [0.05, 0.1) is 18.8 Å². The first-order valence-corrected chi connectivity index (χ1v) is 31.7. The van der Waals surface area contributed by atoms with Crippen LogP contribution in [-0.4, -0.2) is 34.9 Å². The standard InChI is InChI=1S/C65H125NO3/c1-3-5-7-9-11-13-15-17-19-21-23-25-27-29-30-31-32-33-34-35-37-38-40-42-44-46-48-50-52-54-56-58-60-64(68)63(62-67)66-65(69)61-59-57-55-53-51-49-47-45-43-41-39-36-28-26-24-22-20-18-16-14-12-10-8-6-4-2/h22,24,50,52,58,60,63-64,67-68H,3-21,23,25-49,51,53-57,59,61-62H2,1-2H3,(H,66,69)/b24-22-,52-50+,60-58+. The normalized spacial score (nSPS) is 12.9. The zero-order valence-electron chi connectivity index (χ0n) is 47.1. The number of hydrogen-bond acceptors (Lipinski definition) is 3. The van der Waals surface area contributed by atoms with E-state index in [1.165, 1.54) is 302 Å². The summed E-state index contributed by atoms with van der Waals surface area (Å²) in [4.78, 5) is 12.5. The maximum atomic E-state index is 12.5. The number of unbranched alkanes of at least 4 members (excludes halogenated alkanes) is 48. The van der Waals surface area contributed by atoms with Crippen LogP contribution in [-0.2, 0) is 4.79 Å². The first kappa shape index (κ1) is 67.6. The fraction of sp³-hybridized carbons (Fsp3) is 0.892. The average molecular weight is 969 g/mol. The summed E-state index contributed by atoms with van der Waals surface area (Å²) in [6.45, 7) is 4.34. The lowest BCUT2D eigenvalue weighted by Crippen LogP contribution is -2.45. The van der Waals surface area contributed by atoms with E-state index in [0.29, 0.717) is 6.42 Å². The van der Waals surface area contributed by atoms with Crippen molar-refractivity contribution >= 4 is 5.91 Å². The Morgan fingerprint density at radius 1 is 0.333 bits per heavy atom. The molecule has 408 valence electrons. The number of aliphatic hydroxyl groups is 2. The van der Waals surface area contributed by atoms with Crippen molar-refractivity contribution in [3.05, 3.63) is 36.5 Å². The van der Waals surface area contributed by atoms with Crippen LogP contribution in [0.4, 0.5) is 0 Å². The van der Waals surface area contributed by atoms with E-state index < -0.39 is 12.1 Å². The largest absolute Gasteiger partial charge is 0.394 e. The lowest BCUT2D eigenvalue weighted by Gasteiger charge is -2.19. The van der Waals surface area contributed by atoms with Crippen molar-refractivity contribution in [3.8, 4) is 0 Å². The molecular formula is C65H125NO3. The molecule has 0 saturated carbocycles. The molecular weight excluding hydrogens is 843 g/mol. The molecule has 0 aliphatic rings. The minimum absolute atomic E-state index is 0.0685. The molecule has 0 aliphatic carbocycles. The minimum atomic E-state index is -0.863. The van der Waals surface area contributed by atoms with Crippen molar-refractivity contribution in [2.24, 2.45) is 0 Å². The van der Waals surface area contributed by atoms with Crippen LogP contribution < -0.4 is 5.32 Å². The Labute approximate surface area is 433 Å². The number of rotatable bonds is 59. The number of carbonyl (C=O) groups excluding carboxylic acids is 1. The van der Waals surface area contributed by atoms with Gasteiger partial charge in [0, 0.05) is 6.42 Å². The topological polar surface area (TPSA) is 69.6 Å². The third kappa shape index (κ3) is 57.4. The molecule has 4 nitrogen and oxygen atoms in total. The molecule has 3 N–H and O–H groups in total. The van der Waals surface area contributed by atoms with Gasteiger partial charge >= 0.3 is 0 Å². The smallest absolute Gasteiger partial charge is 0.220 e. The third-order valence-electron chi connectivity index (χ3n) is 14.8. The number of hydrogen-bond donors (Lipinski definition) is 3. The Kier molecular flexibility index (Phi) is 59.7. The molecule has 2 unspecified atom stereocenters. The summed E-state index contributed by atoms with van der Waals surface area (Å²) in [6, 6.07) is -0.640. The van der Waals surface area contributed by atoms with E-state index in [1.54, 1.807) is 6.08 Å². The first-order chi connectivity index (χ1) is 34.2. The van der Waals surface area contributed by atoms with Gasteiger partial charge in [-0.2, -0.15) is 0 Å². The molecule has 0 aromatic carbocycles. The van der Waals surface area contributed by atoms with Gasteiger partial charge in [0.15, 0.2) is 0 Å². The van der Waals surface area contributed by atoms with Gasteiger partial charge in [-0.1, -0.05) is 326 Å². The van der Waals surface area contributed by atoms with Crippen molar-refractivity contribution in [1.29, 1.82) is 0 Å². The molecule has 0 rings (SSSR count). The van der Waals surface area contributed by atoms with Crippen LogP contribution in [0.15, 0.2) is 36.5 Å². The second-order valence-electron chi connectivity index (χ2n) is 21.8. The molecule has 0 radical (unpaired) electrons. The molecule has 4 heteroatoms. The summed E-state index contributed by atoms with van der Waals surface area (Å²) < 4.78 is 0. The highest BCUT2D eigenvalue weighted by atomic mass is 16.3. The average Bonchev–Trinajstić information content (AvgIpc) is 3.35. The van der Waals surface area contributed by atoms with Crippen LogP contribution in [0, 0.1) is 0 Å². The van der Waals surface area contributed by atoms with E-state index in [9.17, 15) is 15.0 Å². The molecule has 0 aromatic rings. The number of aliphatic hydroxyl groups excluding tert-OH is 2. The monoisotopic (exact) mass is 968 g/mol. The molecule has 2 atom stereocenters. The van der Waals surface area contributed by atoms with Crippen LogP contribution in [0.25, 0.3) is 0 Å². The molecule has 0 aliphatic heterocycles. The molecule has 0 bridgehead atoms. The SMILES string of the molecule is CCCCCCCCCC/C=C\CCCCCCCCCCCCCCCC(=O)NC(CO)C(O)/C=C/CC/C=C/CCCCCCCCCCCCCCCCCCCCCCCCCCCC. The van der Waals surface area contributed by atoms with Gasteiger partial charge < -0.3 is 15.5 Å². The van der Waals surface area contributed by atoms with Crippen LogP contribution in [0.3, 0.4) is 0 Å². The molecule has 69 heavy (non-hydrogen) atoms. The Hall–Kier alpha value is -1.39. The van der Waals surface area contributed by atoms with Crippen LogP contribution >= 0.6 is 0 Å². The quantitative estimate of drug-likeness (QED) is 0.0420. The summed E-state index contributed by atoms with van der Waals surface area (Å²) >= 11 is 0. The van der Waals surface area contributed by atoms with Gasteiger partial charge in [0.2, 0.25) is 5.91 Å². The highest BCUT2D eigenvalue weighted by Crippen LogP contribution is 2.18. The summed E-state index contributed by atoms with van der Waals surface area (Å²) in [6.07, 6.45) is 83.5. The van der Waals surface area contributed by atoms with Crippen molar-refractivity contribution in [2.45, 2.75) is 366 Å². The highest BCUT2D eigenvalue weighted by Gasteiger charge is 2.18. The Morgan fingerprint density at radius 3 is 0.841 bits per heavy atom. The molecule has 0 spiro atoms. The van der Waals surface area contributed by atoms with E-state index in [0.717, 1.165) is 32.1 Å². The number of nitrogens with one attached hydrogen (secondary N) is 1. The predicted octanol–water partition coefficient (Wildman–Crippen LogP) is 21.2. The number of allylic oxidation sites excluding steroid dienone is 5. The maximum absolute atomic E-state index is 12.5. The molecule has 0 fully saturated rings. The second-order valence-corrected chi connectivity index (χ2v) is 21.8. The van der Waals surface area contributed by atoms with Crippen LogP contribution in [0.1, 0.15) is 354 Å². The fourth-order valence-electron chi connectivity index (χ4n) is 10.0. The predicted molar refractivity (Wildman–Crippen MR) is 308 cm³/mol. The van der Waals surface area contributed by atoms with Crippen molar-refractivity contribution in [3.63, 3.8) is 0 Å². The summed E-state index contributed by atoms with van der Waals surface area (Å²) in [7, 11) is 0. The highest BCUT2D eigenvalue weighted by molar-refractivity contribution is 5.76. The van der Waals surface area contributed by atoms with Crippen LogP contribution in [0.2, 0.25) is 0 Å². The van der Waals surface area contributed by atoms with Crippen molar-refractivity contribution in [2.75, 3.05) is 6.61 Å². The molecule has 0 aromatic heterocycles. The van der Waals surface area contributed by atoms with E-state index in [1.807, 2.05) is 6.08 Å². The Bertz CT molecular complexity index is 1050. The second kappa shape index (κ2) is 60.9. The zero-order valence-corrected chi connectivity index (χ0v) is 47.1. The van der Waals surface area contributed by atoms with Crippen molar-refractivity contribution < 1.29 is 15.0 Å². The number of amides is 1. The van der Waals surface area contributed by atoms with E-state index in [2.05, 4.69) is 43.5 Å². The minimum Gasteiger partial charge on any atom is -0.394 e. The van der Waals surface area contributed by atoms with Crippen LogP contribution in [0.5, 0.6) is 0 Å². The zero-order chi connectivity index (χ0) is 49.9. The Balaban J connectivity index is 3.47. The fourth-order valence-corrected chi connectivity index (χ4v) is 10.0. The summed E-state index contributed by atoms with van der Waals surface area (Å²) in [5.74, 6) is -0.0685. The summed E-state index contributed by atoms with van der Waals surface area (Å²) in [5.41, 5.74) is 0. The maximum Gasteiger partial charge on any atom is 0.220 e. The van der Waals surface area contributed by atoms with Crippen molar-refractivity contribution in [1.82, 2.24) is 5.32 Å². The van der Waals surface area contributed by atoms with E-state index in [4.69, 9.17) is 0 Å². The first-order valence-electron chi connectivity index (χ1n) is 31.7. The number of carbonyl (C=O) groups is 1. The molecule has 0 saturated heterocycles. The van der Waals surface area contributed by atoms with E-state index >= 15 is 0 Å². The van der Waals surface area contributed by atoms with Gasteiger partial charge in [-0.05, 0) is 57.8 Å². The van der Waals surface area contributed by atoms with Gasteiger partial charge in [0.1, 0.15) is 0 Å². The molecule has 1 amide bonds. The molecule has 0 heterocycles. The van der Waals surface area contributed by atoms with Gasteiger partial charge in [-0.15, -0.1) is 0 Å². The summed E-state index contributed by atoms with van der Waals surface area (Å²) in [5, 5.41) is 23.2. The van der Waals surface area contributed by atoms with Gasteiger partial charge in [-0.25, -0.2) is 0 Å². The van der Waals surface area contributed by atoms with E-state index in [-0.39, 0.29) is 12.5 Å². The third-order valence-corrected chi connectivity index (χ3v) is 14.8. The lowest BCUT2D eigenvalue weighted by atomic mass is 10.0.